The summed E-state index contributed by atoms with van der Waals surface area (Å²) < 4.78 is 55.8. The Labute approximate surface area is 316 Å². The lowest BCUT2D eigenvalue weighted by molar-refractivity contribution is -0.254. The van der Waals surface area contributed by atoms with E-state index in [4.69, 9.17) is 47.4 Å². The number of esters is 7. The van der Waals surface area contributed by atoms with Crippen molar-refractivity contribution in [2.75, 3.05) is 27.4 Å². The smallest absolute Gasteiger partial charge is 0.309 e. The van der Waals surface area contributed by atoms with Crippen LogP contribution in [0.25, 0.3) is 0 Å². The molecule has 2 aliphatic heterocycles. The molecule has 0 aromatic heterocycles. The second-order valence-electron chi connectivity index (χ2n) is 12.9. The molecule has 2 aliphatic rings. The molecule has 0 N–H and O–H groups in total. The zero-order valence-corrected chi connectivity index (χ0v) is 31.7. The Morgan fingerprint density at radius 1 is 0.655 bits per heavy atom. The van der Waals surface area contributed by atoms with E-state index < -0.39 is 84.8 Å². The van der Waals surface area contributed by atoms with Gasteiger partial charge in [-0.2, -0.15) is 0 Å². The first kappa shape index (κ1) is 42.0. The number of cyclic esters (lactones) is 1. The first-order valence-corrected chi connectivity index (χ1v) is 17.2. The molecule has 0 amide bonds. The van der Waals surface area contributed by atoms with E-state index in [0.29, 0.717) is 17.7 Å². The maximum Gasteiger partial charge on any atom is 0.309 e. The zero-order chi connectivity index (χ0) is 40.6. The quantitative estimate of drug-likeness (QED) is 0.153. The lowest BCUT2D eigenvalue weighted by Gasteiger charge is -2.44. The molecule has 0 bridgehead atoms. The van der Waals surface area contributed by atoms with Gasteiger partial charge in [0.2, 0.25) is 0 Å². The Hall–Kier alpha value is -5.71. The molecule has 2 fully saturated rings. The molecule has 0 unspecified atom stereocenters. The predicted octanol–water partition coefficient (Wildman–Crippen LogP) is 2.93. The van der Waals surface area contributed by atoms with Gasteiger partial charge in [0.05, 0.1) is 26.7 Å². The molecule has 298 valence electrons. The zero-order valence-electron chi connectivity index (χ0n) is 31.7. The molecule has 0 aliphatic carbocycles. The third-order valence-corrected chi connectivity index (χ3v) is 8.65. The van der Waals surface area contributed by atoms with Gasteiger partial charge in [0, 0.05) is 53.0 Å². The average Bonchev–Trinajstić information content (AvgIpc) is 3.43. The van der Waals surface area contributed by atoms with Crippen LogP contribution in [0.1, 0.15) is 64.3 Å². The largest absolute Gasteiger partial charge is 0.493 e. The van der Waals surface area contributed by atoms with E-state index in [-0.39, 0.29) is 41.8 Å². The summed E-state index contributed by atoms with van der Waals surface area (Å²) >= 11 is 0. The van der Waals surface area contributed by atoms with Crippen molar-refractivity contribution in [3.8, 4) is 23.0 Å². The Kier molecular flexibility index (Phi) is 14.2. The summed E-state index contributed by atoms with van der Waals surface area (Å²) in [6.45, 7) is 6.48. The topological polar surface area (TPSA) is 212 Å². The van der Waals surface area contributed by atoms with Crippen molar-refractivity contribution in [3.05, 3.63) is 47.0 Å². The molecular formula is C38H44O17. The van der Waals surface area contributed by atoms with Crippen LogP contribution in [0.2, 0.25) is 0 Å². The number of ether oxygens (including phenoxy) is 10. The molecule has 0 spiro atoms. The van der Waals surface area contributed by atoms with Gasteiger partial charge in [0.15, 0.2) is 41.3 Å². The first-order chi connectivity index (χ1) is 26.0. The van der Waals surface area contributed by atoms with E-state index in [1.807, 2.05) is 0 Å². The van der Waals surface area contributed by atoms with Gasteiger partial charge in [-0.1, -0.05) is 6.07 Å². The van der Waals surface area contributed by atoms with Gasteiger partial charge in [-0.25, -0.2) is 0 Å². The monoisotopic (exact) mass is 772 g/mol. The lowest BCUT2D eigenvalue weighted by atomic mass is 9.83. The normalized spacial score (nSPS) is 23.1. The maximum absolute atomic E-state index is 13.2. The van der Waals surface area contributed by atoms with Crippen LogP contribution in [0.3, 0.4) is 0 Å². The predicted molar refractivity (Wildman–Crippen MR) is 185 cm³/mol. The summed E-state index contributed by atoms with van der Waals surface area (Å²) in [5, 5.41) is 0. The number of carbonyl (C=O) groups excluding carboxylic acids is 7. The summed E-state index contributed by atoms with van der Waals surface area (Å²) in [6, 6.07) is 8.17. The number of rotatable bonds is 14. The Morgan fingerprint density at radius 3 is 1.84 bits per heavy atom. The van der Waals surface area contributed by atoms with Gasteiger partial charge in [-0.05, 0) is 48.2 Å². The van der Waals surface area contributed by atoms with Crippen LogP contribution in [-0.2, 0) is 74.8 Å². The molecule has 2 aromatic carbocycles. The minimum atomic E-state index is -1.53. The summed E-state index contributed by atoms with van der Waals surface area (Å²) in [7, 11) is 2.76. The molecular weight excluding hydrogens is 728 g/mol. The maximum atomic E-state index is 13.2. The SMILES string of the molecule is COc1cc(C[C@H]2COC(=O)[C@@H]2Cc2cc(OC)c(OC(C)=O)c([C@@H]3O[C@H](COC(C)=O)[C@@H](OC(C)=O)[C@H](OC(C)=O)[C@H]3OC(C)=O)c2)ccc1OC(C)=O. The molecule has 55 heavy (non-hydrogen) atoms. The Balaban J connectivity index is 1.82. The van der Waals surface area contributed by atoms with Gasteiger partial charge in [-0.15, -0.1) is 0 Å². The van der Waals surface area contributed by atoms with Gasteiger partial charge in [0.25, 0.3) is 0 Å². The van der Waals surface area contributed by atoms with E-state index in [1.54, 1.807) is 30.3 Å². The van der Waals surface area contributed by atoms with E-state index in [9.17, 15) is 33.6 Å². The molecule has 2 saturated heterocycles. The molecule has 0 saturated carbocycles. The number of carbonyl (C=O) groups is 7. The molecule has 0 radical (unpaired) electrons. The molecule has 2 heterocycles. The van der Waals surface area contributed by atoms with Crippen molar-refractivity contribution in [3.63, 3.8) is 0 Å². The number of benzene rings is 2. The van der Waals surface area contributed by atoms with Crippen LogP contribution < -0.4 is 18.9 Å². The molecule has 17 heteroatoms. The fourth-order valence-corrected chi connectivity index (χ4v) is 6.59. The third-order valence-electron chi connectivity index (χ3n) is 8.65. The number of hydrogen-bond donors (Lipinski definition) is 0. The second-order valence-corrected chi connectivity index (χ2v) is 12.9. The van der Waals surface area contributed by atoms with Crippen molar-refractivity contribution in [1.29, 1.82) is 0 Å². The van der Waals surface area contributed by atoms with Crippen LogP contribution in [0.4, 0.5) is 0 Å². The third kappa shape index (κ3) is 10.9. The van der Waals surface area contributed by atoms with Crippen molar-refractivity contribution in [2.24, 2.45) is 11.8 Å². The highest BCUT2D eigenvalue weighted by Crippen LogP contribution is 2.46. The summed E-state index contributed by atoms with van der Waals surface area (Å²) in [5.74, 6) is -5.47. The fourth-order valence-electron chi connectivity index (χ4n) is 6.59. The minimum Gasteiger partial charge on any atom is -0.493 e. The Morgan fingerprint density at radius 2 is 1.25 bits per heavy atom. The van der Waals surface area contributed by atoms with Crippen LogP contribution >= 0.6 is 0 Å². The van der Waals surface area contributed by atoms with Crippen LogP contribution in [0, 0.1) is 11.8 Å². The van der Waals surface area contributed by atoms with E-state index in [0.717, 1.165) is 40.2 Å². The van der Waals surface area contributed by atoms with Gasteiger partial charge in [-0.3, -0.25) is 33.6 Å². The molecule has 17 nitrogen and oxygen atoms in total. The highest BCUT2D eigenvalue weighted by Gasteiger charge is 2.53. The van der Waals surface area contributed by atoms with E-state index in [1.165, 1.54) is 21.1 Å². The molecule has 7 atom stereocenters. The number of methoxy groups -OCH3 is 2. The van der Waals surface area contributed by atoms with E-state index >= 15 is 0 Å². The molecule has 2 aromatic rings. The van der Waals surface area contributed by atoms with Crippen molar-refractivity contribution in [2.45, 2.75) is 84.9 Å². The fraction of sp³-hybridized carbons (Fsp3) is 0.500. The first-order valence-electron chi connectivity index (χ1n) is 17.2. The number of hydrogen-bond acceptors (Lipinski definition) is 17. The van der Waals surface area contributed by atoms with Crippen molar-refractivity contribution in [1.82, 2.24) is 0 Å². The van der Waals surface area contributed by atoms with Gasteiger partial charge >= 0.3 is 41.8 Å². The van der Waals surface area contributed by atoms with Crippen molar-refractivity contribution < 1.29 is 80.9 Å². The average molecular weight is 773 g/mol. The lowest BCUT2D eigenvalue weighted by Crippen LogP contribution is -2.59. The minimum absolute atomic E-state index is 0.0317. The Bertz CT molecular complexity index is 1800. The summed E-state index contributed by atoms with van der Waals surface area (Å²) in [6.07, 6.45) is -6.74. The van der Waals surface area contributed by atoms with Crippen LogP contribution in [-0.4, -0.2) is 93.6 Å². The van der Waals surface area contributed by atoms with Crippen LogP contribution in [0.15, 0.2) is 30.3 Å². The van der Waals surface area contributed by atoms with Crippen LogP contribution in [0.5, 0.6) is 23.0 Å². The standard InChI is InChI=1S/C38H44O17/c1-18(39)48-17-32-35(52-21(4)42)37(54-23(6)44)36(53-22(5)43)34(55-32)28-13-25(15-31(47-8)33(28)51-20(3)41)12-27-26(16-49-38(27)45)11-24-9-10-29(50-19(2)40)30(14-24)46-7/h9-10,13-15,26-27,32,34-37H,11-12,16-17H2,1-8H3/t26-,27+,32+,34-,35+,36-,37-/m0/s1. The van der Waals surface area contributed by atoms with Gasteiger partial charge < -0.3 is 47.4 Å². The summed E-state index contributed by atoms with van der Waals surface area (Å²) in [4.78, 5) is 86.4. The van der Waals surface area contributed by atoms with Crippen molar-refractivity contribution >= 4 is 41.8 Å². The highest BCUT2D eigenvalue weighted by atomic mass is 16.7. The van der Waals surface area contributed by atoms with E-state index in [2.05, 4.69) is 0 Å². The second kappa shape index (κ2) is 18.6. The van der Waals surface area contributed by atoms with Gasteiger partial charge in [0.1, 0.15) is 18.8 Å². The molecule has 4 rings (SSSR count). The highest BCUT2D eigenvalue weighted by molar-refractivity contribution is 5.76. The summed E-state index contributed by atoms with van der Waals surface area (Å²) in [5.41, 5.74) is 1.32.